The van der Waals surface area contributed by atoms with E-state index < -0.39 is 0 Å². The number of hydrogen-bond acceptors (Lipinski definition) is 5. The molecule has 0 unspecified atom stereocenters. The monoisotopic (exact) mass is 361 g/mol. The van der Waals surface area contributed by atoms with E-state index in [9.17, 15) is 9.59 Å². The quantitative estimate of drug-likeness (QED) is 0.760. The molecule has 26 heavy (non-hydrogen) atoms. The zero-order chi connectivity index (χ0) is 18.5. The van der Waals surface area contributed by atoms with Crippen molar-refractivity contribution >= 4 is 11.8 Å². The topological polar surface area (TPSA) is 93.9 Å². The van der Waals surface area contributed by atoms with E-state index in [0.29, 0.717) is 43.2 Å². The number of carbonyl (C=O) groups is 2. The Kier molecular flexibility index (Phi) is 5.98. The second kappa shape index (κ2) is 8.40. The number of rotatable bonds is 7. The van der Waals surface area contributed by atoms with Gasteiger partial charge in [-0.25, -0.2) is 0 Å². The molecule has 2 fully saturated rings. The van der Waals surface area contributed by atoms with Gasteiger partial charge in [-0.05, 0) is 31.0 Å². The third-order valence-electron chi connectivity index (χ3n) is 4.84. The summed E-state index contributed by atoms with van der Waals surface area (Å²) in [5, 5.41) is 2.77. The summed E-state index contributed by atoms with van der Waals surface area (Å²) in [7, 11) is 1.56. The molecule has 2 amide bonds. The van der Waals surface area contributed by atoms with Crippen LogP contribution in [0.5, 0.6) is 11.5 Å². The van der Waals surface area contributed by atoms with Crippen LogP contribution < -0.4 is 20.5 Å². The molecule has 1 aliphatic heterocycles. The molecule has 1 aromatic rings. The van der Waals surface area contributed by atoms with Crippen molar-refractivity contribution < 1.29 is 19.1 Å². The van der Waals surface area contributed by atoms with Crippen LogP contribution in [-0.4, -0.2) is 56.1 Å². The van der Waals surface area contributed by atoms with Gasteiger partial charge in [0.25, 0.3) is 5.91 Å². The van der Waals surface area contributed by atoms with Gasteiger partial charge in [0.1, 0.15) is 17.6 Å². The van der Waals surface area contributed by atoms with Gasteiger partial charge in [-0.2, -0.15) is 0 Å². The van der Waals surface area contributed by atoms with Gasteiger partial charge in [-0.15, -0.1) is 0 Å². The summed E-state index contributed by atoms with van der Waals surface area (Å²) in [5.41, 5.74) is 5.90. The molecule has 1 heterocycles. The molecule has 3 rings (SSSR count). The van der Waals surface area contributed by atoms with Gasteiger partial charge in [0.05, 0.1) is 12.7 Å². The number of hydrogen-bond donors (Lipinski definition) is 2. The number of nitrogens with two attached hydrogens (primary N) is 1. The SMILES string of the molecule is COc1ccc(OC2CCN(C(=O)C3CC3)CC2)c(C(=O)NCCN)c1. The predicted octanol–water partition coefficient (Wildman–Crippen LogP) is 1.16. The number of ether oxygens (including phenoxy) is 2. The lowest BCUT2D eigenvalue weighted by Crippen LogP contribution is -2.42. The summed E-state index contributed by atoms with van der Waals surface area (Å²) in [6, 6.07) is 5.21. The molecule has 0 atom stereocenters. The van der Waals surface area contributed by atoms with Crippen LogP contribution in [0, 0.1) is 5.92 Å². The summed E-state index contributed by atoms with van der Waals surface area (Å²) < 4.78 is 11.3. The van der Waals surface area contributed by atoms with Crippen LogP contribution in [0.1, 0.15) is 36.0 Å². The number of carbonyl (C=O) groups excluding carboxylic acids is 2. The van der Waals surface area contributed by atoms with E-state index in [0.717, 1.165) is 25.7 Å². The second-order valence-electron chi connectivity index (χ2n) is 6.82. The molecule has 3 N–H and O–H groups in total. The summed E-state index contributed by atoms with van der Waals surface area (Å²) >= 11 is 0. The molecule has 1 saturated carbocycles. The molecule has 0 aromatic heterocycles. The Labute approximate surface area is 153 Å². The Morgan fingerprint density at radius 1 is 1.23 bits per heavy atom. The van der Waals surface area contributed by atoms with Gasteiger partial charge < -0.3 is 25.4 Å². The number of methoxy groups -OCH3 is 1. The van der Waals surface area contributed by atoms with Crippen molar-refractivity contribution in [3.8, 4) is 11.5 Å². The van der Waals surface area contributed by atoms with E-state index in [1.807, 2.05) is 4.90 Å². The molecular formula is C19H27N3O4. The van der Waals surface area contributed by atoms with Crippen molar-refractivity contribution in [2.75, 3.05) is 33.3 Å². The number of benzene rings is 1. The normalized spacial score (nSPS) is 17.7. The van der Waals surface area contributed by atoms with Gasteiger partial charge in [0.15, 0.2) is 0 Å². The highest BCUT2D eigenvalue weighted by atomic mass is 16.5. The van der Waals surface area contributed by atoms with Crippen molar-refractivity contribution in [2.45, 2.75) is 31.8 Å². The van der Waals surface area contributed by atoms with Crippen LogP contribution >= 0.6 is 0 Å². The van der Waals surface area contributed by atoms with Crippen LogP contribution in [0.2, 0.25) is 0 Å². The van der Waals surface area contributed by atoms with E-state index in [-0.39, 0.29) is 23.8 Å². The molecule has 7 heteroatoms. The average Bonchev–Trinajstić information content (AvgIpc) is 3.51. The first-order valence-corrected chi connectivity index (χ1v) is 9.24. The molecule has 1 aliphatic carbocycles. The third kappa shape index (κ3) is 4.46. The Morgan fingerprint density at radius 2 is 1.96 bits per heavy atom. The summed E-state index contributed by atoms with van der Waals surface area (Å²) in [6.07, 6.45) is 3.60. The maximum absolute atomic E-state index is 12.4. The van der Waals surface area contributed by atoms with Crippen LogP contribution in [-0.2, 0) is 4.79 Å². The molecule has 0 spiro atoms. The summed E-state index contributed by atoms with van der Waals surface area (Å²) in [5.74, 6) is 1.44. The van der Waals surface area contributed by atoms with E-state index in [1.165, 1.54) is 0 Å². The Hall–Kier alpha value is -2.28. The number of piperidine rings is 1. The maximum atomic E-state index is 12.4. The highest BCUT2D eigenvalue weighted by Gasteiger charge is 2.35. The van der Waals surface area contributed by atoms with Crippen molar-refractivity contribution in [1.29, 1.82) is 0 Å². The van der Waals surface area contributed by atoms with Crippen molar-refractivity contribution in [3.63, 3.8) is 0 Å². The zero-order valence-electron chi connectivity index (χ0n) is 15.2. The number of likely N-dealkylation sites (tertiary alicyclic amines) is 1. The maximum Gasteiger partial charge on any atom is 0.255 e. The molecule has 1 aromatic carbocycles. The minimum absolute atomic E-state index is 0.00675. The van der Waals surface area contributed by atoms with E-state index in [2.05, 4.69) is 5.32 Å². The third-order valence-corrected chi connectivity index (χ3v) is 4.84. The molecule has 0 radical (unpaired) electrons. The number of nitrogens with one attached hydrogen (secondary N) is 1. The fraction of sp³-hybridized carbons (Fsp3) is 0.579. The molecule has 2 aliphatic rings. The van der Waals surface area contributed by atoms with Crippen LogP contribution in [0.3, 0.4) is 0 Å². The minimum atomic E-state index is -0.231. The average molecular weight is 361 g/mol. The summed E-state index contributed by atoms with van der Waals surface area (Å²) in [6.45, 7) is 2.20. The highest BCUT2D eigenvalue weighted by Crippen LogP contribution is 2.32. The molecule has 0 bridgehead atoms. The van der Waals surface area contributed by atoms with E-state index in [1.54, 1.807) is 25.3 Å². The molecular weight excluding hydrogens is 334 g/mol. The Bertz CT molecular complexity index is 652. The molecule has 7 nitrogen and oxygen atoms in total. The first-order chi connectivity index (χ1) is 12.6. The fourth-order valence-electron chi connectivity index (χ4n) is 3.16. The van der Waals surface area contributed by atoms with E-state index in [4.69, 9.17) is 15.2 Å². The molecule has 1 saturated heterocycles. The van der Waals surface area contributed by atoms with Crippen molar-refractivity contribution in [1.82, 2.24) is 10.2 Å². The van der Waals surface area contributed by atoms with Gasteiger partial charge in [0, 0.05) is 44.9 Å². The first-order valence-electron chi connectivity index (χ1n) is 9.24. The number of amides is 2. The lowest BCUT2D eigenvalue weighted by Gasteiger charge is -2.32. The van der Waals surface area contributed by atoms with E-state index >= 15 is 0 Å². The van der Waals surface area contributed by atoms with Gasteiger partial charge in [0.2, 0.25) is 5.91 Å². The van der Waals surface area contributed by atoms with Crippen LogP contribution in [0.15, 0.2) is 18.2 Å². The Morgan fingerprint density at radius 3 is 2.58 bits per heavy atom. The van der Waals surface area contributed by atoms with Gasteiger partial charge in [-0.1, -0.05) is 0 Å². The second-order valence-corrected chi connectivity index (χ2v) is 6.82. The van der Waals surface area contributed by atoms with Crippen LogP contribution in [0.4, 0.5) is 0 Å². The Balaban J connectivity index is 1.63. The smallest absolute Gasteiger partial charge is 0.255 e. The van der Waals surface area contributed by atoms with Crippen molar-refractivity contribution in [2.24, 2.45) is 11.7 Å². The molecule has 142 valence electrons. The van der Waals surface area contributed by atoms with Crippen LogP contribution in [0.25, 0.3) is 0 Å². The number of nitrogens with zero attached hydrogens (tertiary/aromatic N) is 1. The predicted molar refractivity (Wildman–Crippen MR) is 97.3 cm³/mol. The highest BCUT2D eigenvalue weighted by molar-refractivity contribution is 5.97. The first kappa shape index (κ1) is 18.5. The van der Waals surface area contributed by atoms with Crippen molar-refractivity contribution in [3.05, 3.63) is 23.8 Å². The minimum Gasteiger partial charge on any atom is -0.497 e. The fourth-order valence-corrected chi connectivity index (χ4v) is 3.16. The van der Waals surface area contributed by atoms with Gasteiger partial charge in [-0.3, -0.25) is 9.59 Å². The zero-order valence-corrected chi connectivity index (χ0v) is 15.2. The lowest BCUT2D eigenvalue weighted by atomic mass is 10.1. The van der Waals surface area contributed by atoms with Gasteiger partial charge >= 0.3 is 0 Å². The largest absolute Gasteiger partial charge is 0.497 e. The standard InChI is InChI=1S/C19H27N3O4/c1-25-15-4-5-17(16(12-15)18(23)21-9-8-20)26-14-6-10-22(11-7-14)19(24)13-2-3-13/h4-5,12-14H,2-3,6-11,20H2,1H3,(H,21,23). The summed E-state index contributed by atoms with van der Waals surface area (Å²) in [4.78, 5) is 26.5. The lowest BCUT2D eigenvalue weighted by molar-refractivity contribution is -0.134.